The number of rotatable bonds is 2. The van der Waals surface area contributed by atoms with Gasteiger partial charge in [0.05, 0.1) is 7.11 Å². The zero-order valence-electron chi connectivity index (χ0n) is 11.1. The number of fused-ring (bicyclic) bond motifs is 1. The SMILES string of the molecule is COc1c(Cl)ncnc1-c1ccc2c(c1)CN(C)C2=O. The van der Waals surface area contributed by atoms with Gasteiger partial charge >= 0.3 is 0 Å². The van der Waals surface area contributed by atoms with Gasteiger partial charge in [-0.15, -0.1) is 0 Å². The molecule has 2 aromatic rings. The van der Waals surface area contributed by atoms with Crippen molar-refractivity contribution in [2.24, 2.45) is 0 Å². The molecule has 3 rings (SSSR count). The summed E-state index contributed by atoms with van der Waals surface area (Å²) in [7, 11) is 3.31. The number of nitrogens with zero attached hydrogens (tertiary/aromatic N) is 3. The number of methoxy groups -OCH3 is 1. The molecule has 0 aliphatic carbocycles. The second kappa shape index (κ2) is 4.76. The van der Waals surface area contributed by atoms with Crippen molar-refractivity contribution < 1.29 is 9.53 Å². The third kappa shape index (κ3) is 1.91. The van der Waals surface area contributed by atoms with Gasteiger partial charge in [-0.25, -0.2) is 9.97 Å². The number of benzene rings is 1. The quantitative estimate of drug-likeness (QED) is 0.797. The van der Waals surface area contributed by atoms with Crippen LogP contribution in [-0.4, -0.2) is 34.9 Å². The highest BCUT2D eigenvalue weighted by Crippen LogP contribution is 2.34. The molecular weight excluding hydrogens is 278 g/mol. The standard InChI is InChI=1S/C14H12ClN3O2/c1-18-6-9-5-8(3-4-10(9)14(18)19)11-12(20-2)13(15)17-7-16-11/h3-5,7H,6H2,1-2H3. The van der Waals surface area contributed by atoms with E-state index in [4.69, 9.17) is 16.3 Å². The Morgan fingerprint density at radius 2 is 2.15 bits per heavy atom. The van der Waals surface area contributed by atoms with Crippen molar-refractivity contribution >= 4 is 17.5 Å². The Morgan fingerprint density at radius 1 is 1.35 bits per heavy atom. The molecule has 0 unspecified atom stereocenters. The number of hydrogen-bond acceptors (Lipinski definition) is 4. The zero-order valence-corrected chi connectivity index (χ0v) is 11.8. The lowest BCUT2D eigenvalue weighted by atomic mass is 10.0. The molecule has 0 saturated heterocycles. The van der Waals surface area contributed by atoms with Gasteiger partial charge in [-0.1, -0.05) is 17.7 Å². The number of ether oxygens (including phenoxy) is 1. The van der Waals surface area contributed by atoms with Crippen LogP contribution in [0.5, 0.6) is 5.75 Å². The fourth-order valence-corrected chi connectivity index (χ4v) is 2.56. The predicted octanol–water partition coefficient (Wildman–Crippen LogP) is 2.39. The first-order valence-electron chi connectivity index (χ1n) is 6.05. The summed E-state index contributed by atoms with van der Waals surface area (Å²) in [6, 6.07) is 5.60. The maximum atomic E-state index is 11.9. The number of carbonyl (C=O) groups is 1. The lowest BCUT2D eigenvalue weighted by molar-refractivity contribution is 0.0816. The normalized spacial score (nSPS) is 13.6. The molecule has 0 atom stereocenters. The van der Waals surface area contributed by atoms with E-state index in [2.05, 4.69) is 9.97 Å². The highest BCUT2D eigenvalue weighted by Gasteiger charge is 2.25. The molecule has 20 heavy (non-hydrogen) atoms. The smallest absolute Gasteiger partial charge is 0.254 e. The Kier molecular flexibility index (Phi) is 3.06. The Balaban J connectivity index is 2.12. The Morgan fingerprint density at radius 3 is 2.90 bits per heavy atom. The van der Waals surface area contributed by atoms with E-state index in [-0.39, 0.29) is 11.1 Å². The topological polar surface area (TPSA) is 55.3 Å². The van der Waals surface area contributed by atoms with Crippen molar-refractivity contribution in [3.05, 3.63) is 40.8 Å². The first kappa shape index (κ1) is 12.9. The first-order valence-corrected chi connectivity index (χ1v) is 6.43. The molecule has 2 heterocycles. The van der Waals surface area contributed by atoms with Gasteiger partial charge in [-0.05, 0) is 17.7 Å². The Bertz CT molecular complexity index is 703. The van der Waals surface area contributed by atoms with Gasteiger partial charge in [0.1, 0.15) is 12.0 Å². The molecule has 102 valence electrons. The van der Waals surface area contributed by atoms with Gasteiger partial charge in [0.15, 0.2) is 10.9 Å². The molecular formula is C14H12ClN3O2. The van der Waals surface area contributed by atoms with Gasteiger partial charge in [-0.3, -0.25) is 4.79 Å². The Hall–Kier alpha value is -2.14. The van der Waals surface area contributed by atoms with Crippen molar-refractivity contribution in [3.8, 4) is 17.0 Å². The van der Waals surface area contributed by atoms with Crippen LogP contribution in [0, 0.1) is 0 Å². The van der Waals surface area contributed by atoms with Crippen LogP contribution in [0.15, 0.2) is 24.5 Å². The van der Waals surface area contributed by atoms with E-state index in [1.165, 1.54) is 13.4 Å². The van der Waals surface area contributed by atoms with Crippen LogP contribution >= 0.6 is 11.6 Å². The van der Waals surface area contributed by atoms with Gasteiger partial charge in [0.25, 0.3) is 5.91 Å². The van der Waals surface area contributed by atoms with E-state index in [9.17, 15) is 4.79 Å². The summed E-state index contributed by atoms with van der Waals surface area (Å²) >= 11 is 6.00. The first-order chi connectivity index (χ1) is 9.61. The molecule has 0 fully saturated rings. The van der Waals surface area contributed by atoms with Crippen molar-refractivity contribution in [1.29, 1.82) is 0 Å². The third-order valence-electron chi connectivity index (χ3n) is 3.33. The van der Waals surface area contributed by atoms with E-state index < -0.39 is 0 Å². The maximum absolute atomic E-state index is 11.9. The maximum Gasteiger partial charge on any atom is 0.254 e. The Labute approximate surface area is 121 Å². The van der Waals surface area contributed by atoms with Crippen LogP contribution in [0.3, 0.4) is 0 Å². The monoisotopic (exact) mass is 289 g/mol. The van der Waals surface area contributed by atoms with E-state index in [0.29, 0.717) is 18.0 Å². The van der Waals surface area contributed by atoms with Crippen LogP contribution in [0.1, 0.15) is 15.9 Å². The number of halogens is 1. The van der Waals surface area contributed by atoms with E-state index in [0.717, 1.165) is 16.7 Å². The minimum atomic E-state index is 0.0410. The molecule has 6 heteroatoms. The molecule has 0 saturated carbocycles. The molecule has 0 radical (unpaired) electrons. The van der Waals surface area contributed by atoms with Gasteiger partial charge in [0.2, 0.25) is 0 Å². The van der Waals surface area contributed by atoms with Crippen LogP contribution in [-0.2, 0) is 6.54 Å². The number of carbonyl (C=O) groups excluding carboxylic acids is 1. The highest BCUT2D eigenvalue weighted by atomic mass is 35.5. The largest absolute Gasteiger partial charge is 0.491 e. The highest BCUT2D eigenvalue weighted by molar-refractivity contribution is 6.31. The summed E-state index contributed by atoms with van der Waals surface area (Å²) in [5.74, 6) is 0.478. The minimum Gasteiger partial charge on any atom is -0.491 e. The number of aromatic nitrogens is 2. The summed E-state index contributed by atoms with van der Waals surface area (Å²) in [5, 5.41) is 0.270. The summed E-state index contributed by atoms with van der Waals surface area (Å²) in [4.78, 5) is 21.7. The molecule has 0 spiro atoms. The zero-order chi connectivity index (χ0) is 14.3. The average molecular weight is 290 g/mol. The fourth-order valence-electron chi connectivity index (χ4n) is 2.35. The van der Waals surface area contributed by atoms with Crippen molar-refractivity contribution in [1.82, 2.24) is 14.9 Å². The average Bonchev–Trinajstić information content (AvgIpc) is 2.73. The lowest BCUT2D eigenvalue weighted by Crippen LogP contribution is -2.17. The van der Waals surface area contributed by atoms with Crippen molar-refractivity contribution in [2.45, 2.75) is 6.54 Å². The molecule has 1 amide bonds. The molecule has 0 bridgehead atoms. The molecule has 1 aliphatic rings. The van der Waals surface area contributed by atoms with Gasteiger partial charge in [-0.2, -0.15) is 0 Å². The molecule has 1 aromatic heterocycles. The molecule has 5 nitrogen and oxygen atoms in total. The number of hydrogen-bond donors (Lipinski definition) is 0. The summed E-state index contributed by atoms with van der Waals surface area (Å²) in [5.41, 5.74) is 3.19. The summed E-state index contributed by atoms with van der Waals surface area (Å²) < 4.78 is 5.26. The predicted molar refractivity (Wildman–Crippen MR) is 74.8 cm³/mol. The second-order valence-electron chi connectivity index (χ2n) is 4.58. The van der Waals surface area contributed by atoms with Crippen molar-refractivity contribution in [2.75, 3.05) is 14.2 Å². The van der Waals surface area contributed by atoms with Crippen LogP contribution < -0.4 is 4.74 Å². The lowest BCUT2D eigenvalue weighted by Gasteiger charge is -2.09. The van der Waals surface area contributed by atoms with Crippen molar-refractivity contribution in [3.63, 3.8) is 0 Å². The van der Waals surface area contributed by atoms with Crippen LogP contribution in [0.2, 0.25) is 5.15 Å². The summed E-state index contributed by atoms with van der Waals surface area (Å²) in [6.45, 7) is 0.600. The van der Waals surface area contributed by atoms with E-state index in [1.807, 2.05) is 18.2 Å². The van der Waals surface area contributed by atoms with E-state index >= 15 is 0 Å². The fraction of sp³-hybridized carbons (Fsp3) is 0.214. The molecule has 1 aliphatic heterocycles. The van der Waals surface area contributed by atoms with Gasteiger partial charge in [0, 0.05) is 24.7 Å². The third-order valence-corrected chi connectivity index (χ3v) is 3.60. The van der Waals surface area contributed by atoms with Gasteiger partial charge < -0.3 is 9.64 Å². The van der Waals surface area contributed by atoms with E-state index in [1.54, 1.807) is 11.9 Å². The summed E-state index contributed by atoms with van der Waals surface area (Å²) in [6.07, 6.45) is 1.39. The number of amides is 1. The minimum absolute atomic E-state index is 0.0410. The van der Waals surface area contributed by atoms with Crippen LogP contribution in [0.25, 0.3) is 11.3 Å². The van der Waals surface area contributed by atoms with Crippen LogP contribution in [0.4, 0.5) is 0 Å². The molecule has 1 aromatic carbocycles. The molecule has 0 N–H and O–H groups in total. The second-order valence-corrected chi connectivity index (χ2v) is 4.94.